The Morgan fingerprint density at radius 3 is 2.57 bits per heavy atom. The minimum atomic E-state index is -0.165. The molecule has 2 aromatic carbocycles. The molecule has 0 fully saturated rings. The minimum absolute atomic E-state index is 0.0865. The van der Waals surface area contributed by atoms with Crippen molar-refractivity contribution in [1.29, 1.82) is 0 Å². The maximum absolute atomic E-state index is 12.6. The molecule has 1 N–H and O–H groups in total. The zero-order valence-corrected chi connectivity index (χ0v) is 13.6. The molecule has 0 aromatic heterocycles. The van der Waals surface area contributed by atoms with Crippen molar-refractivity contribution in [1.82, 2.24) is 4.90 Å². The lowest BCUT2D eigenvalue weighted by Crippen LogP contribution is -2.33. The Bertz CT molecular complexity index is 619. The number of carbonyl (C=O) groups excluding carboxylic acids is 1. The van der Waals surface area contributed by atoms with Crippen LogP contribution in [0, 0.1) is 0 Å². The molecule has 0 saturated carbocycles. The summed E-state index contributed by atoms with van der Waals surface area (Å²) in [5.74, 6) is -0.165. The highest BCUT2D eigenvalue weighted by molar-refractivity contribution is 9.10. The van der Waals surface area contributed by atoms with Gasteiger partial charge in [0.05, 0.1) is 12.2 Å². The van der Waals surface area contributed by atoms with Crippen molar-refractivity contribution in [2.75, 3.05) is 13.2 Å². The van der Waals surface area contributed by atoms with Crippen LogP contribution in [0.25, 0.3) is 0 Å². The standard InChI is InChI=1S/C16H15BrClNO2/c17-15-7-6-13(18)10-14(15)16(21)19(8-9-20)11-12-4-2-1-3-5-12/h1-7,10,20H,8-9,11H2. The van der Waals surface area contributed by atoms with Crippen LogP contribution in [0.4, 0.5) is 0 Å². The fourth-order valence-electron chi connectivity index (χ4n) is 2.01. The Kier molecular flexibility index (Phi) is 5.79. The van der Waals surface area contributed by atoms with Gasteiger partial charge in [0, 0.05) is 22.6 Å². The highest BCUT2D eigenvalue weighted by atomic mass is 79.9. The van der Waals surface area contributed by atoms with E-state index in [0.29, 0.717) is 21.6 Å². The van der Waals surface area contributed by atoms with Gasteiger partial charge in [0.2, 0.25) is 0 Å². The third kappa shape index (κ3) is 4.30. The Hall–Kier alpha value is -1.36. The number of hydrogen-bond donors (Lipinski definition) is 1. The second-order valence-electron chi connectivity index (χ2n) is 4.56. The summed E-state index contributed by atoms with van der Waals surface area (Å²) in [6, 6.07) is 14.8. The number of hydrogen-bond acceptors (Lipinski definition) is 2. The first-order chi connectivity index (χ1) is 10.1. The van der Waals surface area contributed by atoms with Crippen molar-refractivity contribution < 1.29 is 9.90 Å². The number of rotatable bonds is 5. The summed E-state index contributed by atoms with van der Waals surface area (Å²) < 4.78 is 0.688. The summed E-state index contributed by atoms with van der Waals surface area (Å²) in [7, 11) is 0. The first kappa shape index (κ1) is 16.0. The number of carbonyl (C=O) groups is 1. The van der Waals surface area contributed by atoms with Crippen molar-refractivity contribution in [2.24, 2.45) is 0 Å². The molecule has 0 radical (unpaired) electrons. The van der Waals surface area contributed by atoms with Crippen LogP contribution in [0.1, 0.15) is 15.9 Å². The highest BCUT2D eigenvalue weighted by Gasteiger charge is 2.18. The van der Waals surface area contributed by atoms with Gasteiger partial charge in [0.25, 0.3) is 5.91 Å². The van der Waals surface area contributed by atoms with E-state index in [-0.39, 0.29) is 19.1 Å². The number of nitrogens with zero attached hydrogens (tertiary/aromatic N) is 1. The van der Waals surface area contributed by atoms with Crippen LogP contribution in [0.5, 0.6) is 0 Å². The first-order valence-corrected chi connectivity index (χ1v) is 7.68. The summed E-state index contributed by atoms with van der Waals surface area (Å²) in [5, 5.41) is 9.71. The van der Waals surface area contributed by atoms with E-state index in [9.17, 15) is 9.90 Å². The first-order valence-electron chi connectivity index (χ1n) is 6.51. The van der Waals surface area contributed by atoms with E-state index >= 15 is 0 Å². The van der Waals surface area contributed by atoms with E-state index in [4.69, 9.17) is 11.6 Å². The van der Waals surface area contributed by atoms with Crippen molar-refractivity contribution >= 4 is 33.4 Å². The lowest BCUT2D eigenvalue weighted by Gasteiger charge is -2.22. The zero-order chi connectivity index (χ0) is 15.2. The molecule has 0 aliphatic heterocycles. The summed E-state index contributed by atoms with van der Waals surface area (Å²) in [4.78, 5) is 14.2. The van der Waals surface area contributed by atoms with Crippen LogP contribution < -0.4 is 0 Å². The average molecular weight is 369 g/mol. The molecule has 0 spiro atoms. The van der Waals surface area contributed by atoms with Gasteiger partial charge in [0.15, 0.2) is 0 Å². The van der Waals surface area contributed by atoms with Crippen molar-refractivity contribution in [3.63, 3.8) is 0 Å². The van der Waals surface area contributed by atoms with Crippen molar-refractivity contribution in [3.8, 4) is 0 Å². The summed E-state index contributed by atoms with van der Waals surface area (Å²) >= 11 is 9.33. The quantitative estimate of drug-likeness (QED) is 0.873. The summed E-state index contributed by atoms with van der Waals surface area (Å²) in [5.41, 5.74) is 1.50. The van der Waals surface area contributed by atoms with Crippen molar-refractivity contribution in [2.45, 2.75) is 6.54 Å². The largest absolute Gasteiger partial charge is 0.395 e. The molecule has 0 bridgehead atoms. The van der Waals surface area contributed by atoms with Gasteiger partial charge in [-0.05, 0) is 39.7 Å². The Labute approximate surface area is 137 Å². The summed E-state index contributed by atoms with van der Waals surface area (Å²) in [6.45, 7) is 0.628. The molecule has 1 amide bonds. The fraction of sp³-hybridized carbons (Fsp3) is 0.188. The lowest BCUT2D eigenvalue weighted by molar-refractivity contribution is 0.0707. The zero-order valence-electron chi connectivity index (χ0n) is 11.3. The van der Waals surface area contributed by atoms with Gasteiger partial charge in [-0.3, -0.25) is 4.79 Å². The van der Waals surface area contributed by atoms with Crippen LogP contribution in [0.2, 0.25) is 5.02 Å². The molecule has 110 valence electrons. The number of halogens is 2. The van der Waals surface area contributed by atoms with Gasteiger partial charge in [-0.25, -0.2) is 0 Å². The smallest absolute Gasteiger partial charge is 0.255 e. The molecule has 5 heteroatoms. The predicted molar refractivity (Wildman–Crippen MR) is 87.4 cm³/mol. The molecule has 2 aromatic rings. The average Bonchev–Trinajstić information content (AvgIpc) is 2.49. The topological polar surface area (TPSA) is 40.5 Å². The van der Waals surface area contributed by atoms with Crippen LogP contribution in [-0.4, -0.2) is 29.1 Å². The molecular weight excluding hydrogens is 354 g/mol. The van der Waals surface area contributed by atoms with E-state index in [2.05, 4.69) is 15.9 Å². The van der Waals surface area contributed by atoms with Crippen LogP contribution >= 0.6 is 27.5 Å². The molecule has 0 aliphatic carbocycles. The van der Waals surface area contributed by atoms with Crippen molar-refractivity contribution in [3.05, 3.63) is 69.2 Å². The Balaban J connectivity index is 2.25. The molecule has 3 nitrogen and oxygen atoms in total. The van der Waals surface area contributed by atoms with Gasteiger partial charge in [-0.1, -0.05) is 41.9 Å². The Morgan fingerprint density at radius 2 is 1.90 bits per heavy atom. The molecule has 2 rings (SSSR count). The second-order valence-corrected chi connectivity index (χ2v) is 5.85. The maximum atomic E-state index is 12.6. The number of aliphatic hydroxyl groups excluding tert-OH is 1. The fourth-order valence-corrected chi connectivity index (χ4v) is 2.60. The maximum Gasteiger partial charge on any atom is 0.255 e. The molecule has 0 unspecified atom stereocenters. The van der Waals surface area contributed by atoms with Gasteiger partial charge >= 0.3 is 0 Å². The van der Waals surface area contributed by atoms with Gasteiger partial charge in [0.1, 0.15) is 0 Å². The third-order valence-electron chi connectivity index (χ3n) is 3.03. The molecule has 0 aliphatic rings. The number of aliphatic hydroxyl groups is 1. The molecule has 0 saturated heterocycles. The van der Waals surface area contributed by atoms with E-state index < -0.39 is 0 Å². The monoisotopic (exact) mass is 367 g/mol. The van der Waals surface area contributed by atoms with E-state index in [1.165, 1.54) is 0 Å². The third-order valence-corrected chi connectivity index (χ3v) is 3.96. The molecule has 0 atom stereocenters. The molecular formula is C16H15BrClNO2. The summed E-state index contributed by atoms with van der Waals surface area (Å²) in [6.07, 6.45) is 0. The number of amides is 1. The van der Waals surface area contributed by atoms with Crippen LogP contribution in [0.3, 0.4) is 0 Å². The highest BCUT2D eigenvalue weighted by Crippen LogP contribution is 2.23. The van der Waals surface area contributed by atoms with Gasteiger partial charge in [-0.2, -0.15) is 0 Å². The van der Waals surface area contributed by atoms with Gasteiger partial charge in [-0.15, -0.1) is 0 Å². The van der Waals surface area contributed by atoms with Crippen LogP contribution in [-0.2, 0) is 6.54 Å². The SMILES string of the molecule is O=C(c1cc(Cl)ccc1Br)N(CCO)Cc1ccccc1. The second kappa shape index (κ2) is 7.59. The van der Waals surface area contributed by atoms with E-state index in [0.717, 1.165) is 5.56 Å². The minimum Gasteiger partial charge on any atom is -0.395 e. The lowest BCUT2D eigenvalue weighted by atomic mass is 10.1. The normalized spacial score (nSPS) is 10.4. The predicted octanol–water partition coefficient (Wildman–Crippen LogP) is 3.74. The van der Waals surface area contributed by atoms with Crippen LogP contribution in [0.15, 0.2) is 53.0 Å². The van der Waals surface area contributed by atoms with E-state index in [1.54, 1.807) is 23.1 Å². The van der Waals surface area contributed by atoms with Gasteiger partial charge < -0.3 is 10.0 Å². The number of benzene rings is 2. The molecule has 0 heterocycles. The van der Waals surface area contributed by atoms with E-state index in [1.807, 2.05) is 30.3 Å². The Morgan fingerprint density at radius 1 is 1.19 bits per heavy atom. The molecule has 21 heavy (non-hydrogen) atoms.